The fourth-order valence-corrected chi connectivity index (χ4v) is 2.33. The quantitative estimate of drug-likeness (QED) is 0.757. The number of nitrogens with one attached hydrogen (secondary N) is 1. The van der Waals surface area contributed by atoms with Crippen molar-refractivity contribution in [2.45, 2.75) is 39.9 Å². The van der Waals surface area contributed by atoms with Crippen molar-refractivity contribution < 1.29 is 4.42 Å². The van der Waals surface area contributed by atoms with Gasteiger partial charge in [-0.25, -0.2) is 0 Å². The molecular weight excluding hydrogens is 262 g/mol. The first-order chi connectivity index (χ1) is 10.2. The van der Waals surface area contributed by atoms with Crippen LogP contribution < -0.4 is 5.32 Å². The minimum atomic E-state index is 0.797. The Balaban J connectivity index is 1.89. The first-order valence-electron chi connectivity index (χ1n) is 7.56. The highest BCUT2D eigenvalue weighted by Gasteiger charge is 2.10. The minimum absolute atomic E-state index is 0.797. The van der Waals surface area contributed by atoms with E-state index in [4.69, 9.17) is 4.42 Å². The van der Waals surface area contributed by atoms with Gasteiger partial charge in [0.05, 0.1) is 12.2 Å². The van der Waals surface area contributed by atoms with E-state index in [1.54, 1.807) is 0 Å². The van der Waals surface area contributed by atoms with Crippen molar-refractivity contribution in [3.8, 4) is 0 Å². The summed E-state index contributed by atoms with van der Waals surface area (Å²) in [6.45, 7) is 7.75. The number of rotatable bonds is 8. The molecule has 0 aliphatic heterocycles. The zero-order chi connectivity index (χ0) is 15.1. The monoisotopic (exact) mass is 287 g/mol. The molecule has 0 spiro atoms. The molecule has 2 heterocycles. The molecule has 0 aromatic carbocycles. The average molecular weight is 287 g/mol. The van der Waals surface area contributed by atoms with E-state index >= 15 is 0 Å². The molecule has 0 aliphatic rings. The zero-order valence-corrected chi connectivity index (χ0v) is 13.2. The van der Waals surface area contributed by atoms with Crippen molar-refractivity contribution in [2.24, 2.45) is 0 Å². The van der Waals surface area contributed by atoms with Crippen LogP contribution in [0.15, 0.2) is 34.9 Å². The van der Waals surface area contributed by atoms with Crippen LogP contribution in [0.3, 0.4) is 0 Å². The van der Waals surface area contributed by atoms with Gasteiger partial charge in [-0.05, 0) is 45.1 Å². The predicted octanol–water partition coefficient (Wildman–Crippen LogP) is 3.11. The highest BCUT2D eigenvalue weighted by Crippen LogP contribution is 2.16. The van der Waals surface area contributed by atoms with Crippen LogP contribution >= 0.6 is 0 Å². The molecule has 0 saturated carbocycles. The summed E-state index contributed by atoms with van der Waals surface area (Å²) in [5.41, 5.74) is 2.33. The molecule has 0 atom stereocenters. The maximum absolute atomic E-state index is 5.85. The van der Waals surface area contributed by atoms with Crippen LogP contribution in [0.1, 0.15) is 36.1 Å². The summed E-state index contributed by atoms with van der Waals surface area (Å²) in [6, 6.07) is 8.16. The van der Waals surface area contributed by atoms with Crippen molar-refractivity contribution in [1.29, 1.82) is 0 Å². The highest BCUT2D eigenvalue weighted by molar-refractivity contribution is 5.20. The minimum Gasteiger partial charge on any atom is -0.465 e. The summed E-state index contributed by atoms with van der Waals surface area (Å²) >= 11 is 0. The number of aryl methyl sites for hydroxylation is 1. The van der Waals surface area contributed by atoms with Crippen LogP contribution in [0.25, 0.3) is 0 Å². The second kappa shape index (κ2) is 7.96. The van der Waals surface area contributed by atoms with E-state index in [0.29, 0.717) is 0 Å². The van der Waals surface area contributed by atoms with Crippen LogP contribution in [0, 0.1) is 6.92 Å². The van der Waals surface area contributed by atoms with Gasteiger partial charge < -0.3 is 9.73 Å². The number of aromatic nitrogens is 1. The molecule has 0 bridgehead atoms. The maximum atomic E-state index is 5.85. The van der Waals surface area contributed by atoms with Crippen LogP contribution in [-0.4, -0.2) is 23.5 Å². The highest BCUT2D eigenvalue weighted by atomic mass is 16.3. The molecule has 114 valence electrons. The molecule has 1 N–H and O–H groups in total. The SMILES string of the molecule is CCCNCc1cc(CN(C)Cc2ccccn2)oc1C. The van der Waals surface area contributed by atoms with Crippen molar-refractivity contribution >= 4 is 0 Å². The third-order valence-electron chi connectivity index (χ3n) is 3.40. The number of pyridine rings is 1. The van der Waals surface area contributed by atoms with E-state index in [2.05, 4.69) is 35.2 Å². The Labute approximate surface area is 127 Å². The normalized spacial score (nSPS) is 11.2. The Bertz CT molecular complexity index is 536. The second-order valence-electron chi connectivity index (χ2n) is 5.46. The van der Waals surface area contributed by atoms with Gasteiger partial charge in [0.15, 0.2) is 0 Å². The van der Waals surface area contributed by atoms with E-state index in [0.717, 1.165) is 49.8 Å². The van der Waals surface area contributed by atoms with E-state index in [1.807, 2.05) is 31.3 Å². The molecule has 2 aromatic rings. The van der Waals surface area contributed by atoms with Gasteiger partial charge in [-0.1, -0.05) is 13.0 Å². The largest absolute Gasteiger partial charge is 0.465 e. The first-order valence-corrected chi connectivity index (χ1v) is 7.56. The molecular formula is C17H25N3O. The van der Waals surface area contributed by atoms with Crippen molar-refractivity contribution in [3.63, 3.8) is 0 Å². The fraction of sp³-hybridized carbons (Fsp3) is 0.471. The standard InChI is InChI=1S/C17H25N3O/c1-4-8-18-11-15-10-17(21-14(15)2)13-20(3)12-16-7-5-6-9-19-16/h5-7,9-10,18H,4,8,11-13H2,1-3H3. The number of hydrogen-bond acceptors (Lipinski definition) is 4. The van der Waals surface area contributed by atoms with Crippen molar-refractivity contribution in [2.75, 3.05) is 13.6 Å². The summed E-state index contributed by atoms with van der Waals surface area (Å²) in [6.07, 6.45) is 2.98. The van der Waals surface area contributed by atoms with E-state index in [1.165, 1.54) is 5.56 Å². The van der Waals surface area contributed by atoms with Crippen molar-refractivity contribution in [3.05, 3.63) is 53.2 Å². The van der Waals surface area contributed by atoms with Gasteiger partial charge in [-0.15, -0.1) is 0 Å². The van der Waals surface area contributed by atoms with Gasteiger partial charge in [0.1, 0.15) is 11.5 Å². The lowest BCUT2D eigenvalue weighted by Gasteiger charge is -2.14. The van der Waals surface area contributed by atoms with Crippen LogP contribution in [-0.2, 0) is 19.6 Å². The predicted molar refractivity (Wildman–Crippen MR) is 84.9 cm³/mol. The summed E-state index contributed by atoms with van der Waals surface area (Å²) in [4.78, 5) is 6.56. The molecule has 21 heavy (non-hydrogen) atoms. The van der Waals surface area contributed by atoms with Gasteiger partial charge in [0, 0.05) is 24.8 Å². The van der Waals surface area contributed by atoms with Gasteiger partial charge in [0.25, 0.3) is 0 Å². The Hall–Kier alpha value is -1.65. The molecule has 0 amide bonds. The molecule has 0 unspecified atom stereocenters. The van der Waals surface area contributed by atoms with Gasteiger partial charge in [-0.3, -0.25) is 9.88 Å². The summed E-state index contributed by atoms with van der Waals surface area (Å²) in [5.74, 6) is 2.03. The fourth-order valence-electron chi connectivity index (χ4n) is 2.33. The summed E-state index contributed by atoms with van der Waals surface area (Å²) < 4.78 is 5.85. The van der Waals surface area contributed by atoms with Crippen LogP contribution in [0.4, 0.5) is 0 Å². The Kier molecular flexibility index (Phi) is 5.96. The molecule has 2 aromatic heterocycles. The third kappa shape index (κ3) is 4.99. The Morgan fingerprint density at radius 1 is 1.29 bits per heavy atom. The zero-order valence-electron chi connectivity index (χ0n) is 13.2. The van der Waals surface area contributed by atoms with Gasteiger partial charge in [0.2, 0.25) is 0 Å². The average Bonchev–Trinajstić information content (AvgIpc) is 2.80. The maximum Gasteiger partial charge on any atom is 0.118 e. The van der Waals surface area contributed by atoms with Gasteiger partial charge >= 0.3 is 0 Å². The topological polar surface area (TPSA) is 41.3 Å². The smallest absolute Gasteiger partial charge is 0.118 e. The van der Waals surface area contributed by atoms with Crippen LogP contribution in [0.5, 0.6) is 0 Å². The lowest BCUT2D eigenvalue weighted by molar-refractivity contribution is 0.282. The molecule has 0 saturated heterocycles. The Morgan fingerprint density at radius 3 is 2.86 bits per heavy atom. The van der Waals surface area contributed by atoms with E-state index < -0.39 is 0 Å². The van der Waals surface area contributed by atoms with E-state index in [-0.39, 0.29) is 0 Å². The molecule has 0 radical (unpaired) electrons. The number of hydrogen-bond donors (Lipinski definition) is 1. The van der Waals surface area contributed by atoms with Gasteiger partial charge in [-0.2, -0.15) is 0 Å². The lowest BCUT2D eigenvalue weighted by atomic mass is 10.2. The molecule has 4 heteroatoms. The van der Waals surface area contributed by atoms with E-state index in [9.17, 15) is 0 Å². The molecule has 2 rings (SSSR count). The molecule has 0 aliphatic carbocycles. The second-order valence-corrected chi connectivity index (χ2v) is 5.46. The first kappa shape index (κ1) is 15.7. The number of furan rings is 1. The van der Waals surface area contributed by atoms with Crippen molar-refractivity contribution in [1.82, 2.24) is 15.2 Å². The molecule has 0 fully saturated rings. The number of nitrogens with zero attached hydrogens (tertiary/aromatic N) is 2. The Morgan fingerprint density at radius 2 is 2.14 bits per heavy atom. The lowest BCUT2D eigenvalue weighted by Crippen LogP contribution is -2.17. The summed E-state index contributed by atoms with van der Waals surface area (Å²) in [5, 5.41) is 3.42. The third-order valence-corrected chi connectivity index (χ3v) is 3.40. The molecule has 4 nitrogen and oxygen atoms in total. The summed E-state index contributed by atoms with van der Waals surface area (Å²) in [7, 11) is 2.08. The van der Waals surface area contributed by atoms with Crippen LogP contribution in [0.2, 0.25) is 0 Å².